The first-order chi connectivity index (χ1) is 12.4. The third-order valence-corrected chi connectivity index (χ3v) is 3.35. The summed E-state index contributed by atoms with van der Waals surface area (Å²) < 4.78 is 45.8. The number of anilines is 1. The summed E-state index contributed by atoms with van der Waals surface area (Å²) in [6, 6.07) is 14.2. The van der Waals surface area contributed by atoms with Gasteiger partial charge < -0.3 is 20.5 Å². The molecule has 0 aliphatic carbocycles. The van der Waals surface area contributed by atoms with Crippen LogP contribution in [0.2, 0.25) is 0 Å². The maximum atomic E-state index is 12.0. The van der Waals surface area contributed by atoms with Gasteiger partial charge >= 0.3 is 6.18 Å². The number of guanidine groups is 1. The van der Waals surface area contributed by atoms with Gasteiger partial charge in [-0.2, -0.15) is 13.2 Å². The number of hydrogen-bond donors (Lipinski definition) is 2. The van der Waals surface area contributed by atoms with Crippen LogP contribution in [0.1, 0.15) is 11.1 Å². The maximum absolute atomic E-state index is 12.0. The number of rotatable bonds is 7. The molecule has 0 unspecified atom stereocenters. The summed E-state index contributed by atoms with van der Waals surface area (Å²) in [5.41, 5.74) is 8.16. The van der Waals surface area contributed by atoms with Crippen molar-refractivity contribution in [3.05, 3.63) is 59.7 Å². The normalized spacial score (nSPS) is 11.6. The highest BCUT2D eigenvalue weighted by Gasteiger charge is 2.27. The molecule has 0 aliphatic rings. The number of ether oxygens (including phenoxy) is 2. The van der Waals surface area contributed by atoms with Crippen LogP contribution in [0.3, 0.4) is 0 Å². The molecule has 2 rings (SSSR count). The minimum atomic E-state index is -4.32. The first-order valence-electron chi connectivity index (χ1n) is 7.79. The van der Waals surface area contributed by atoms with Crippen LogP contribution >= 0.6 is 24.0 Å². The van der Waals surface area contributed by atoms with E-state index in [-0.39, 0.29) is 36.5 Å². The van der Waals surface area contributed by atoms with Crippen molar-refractivity contribution in [3.63, 3.8) is 0 Å². The first kappa shape index (κ1) is 23.0. The van der Waals surface area contributed by atoms with Crippen molar-refractivity contribution in [2.24, 2.45) is 10.7 Å². The molecule has 0 spiro atoms. The molecule has 0 bridgehead atoms. The lowest BCUT2D eigenvalue weighted by molar-refractivity contribution is -0.176. The molecule has 0 atom stereocenters. The summed E-state index contributed by atoms with van der Waals surface area (Å²) in [5, 5.41) is 2.96. The lowest BCUT2D eigenvalue weighted by Crippen LogP contribution is -2.22. The minimum absolute atomic E-state index is 0. The molecule has 0 saturated carbocycles. The number of nitrogens with zero attached hydrogens (tertiary/aromatic N) is 1. The van der Waals surface area contributed by atoms with E-state index in [1.807, 2.05) is 12.1 Å². The molecule has 0 heterocycles. The summed E-state index contributed by atoms with van der Waals surface area (Å²) >= 11 is 0. The van der Waals surface area contributed by atoms with Crippen LogP contribution in [0.25, 0.3) is 0 Å². The number of hydrogen-bond acceptors (Lipinski definition) is 3. The Balaban J connectivity index is 0.00000364. The number of aliphatic imine (C=N–C) groups is 1. The van der Waals surface area contributed by atoms with Crippen molar-refractivity contribution in [2.75, 3.05) is 19.0 Å². The van der Waals surface area contributed by atoms with Gasteiger partial charge in [0, 0.05) is 5.69 Å². The Bertz CT molecular complexity index is 720. The van der Waals surface area contributed by atoms with E-state index in [1.54, 1.807) is 43.5 Å². The van der Waals surface area contributed by atoms with Gasteiger partial charge in [0.05, 0.1) is 20.3 Å². The van der Waals surface area contributed by atoms with Crippen molar-refractivity contribution in [2.45, 2.75) is 19.3 Å². The lowest BCUT2D eigenvalue weighted by atomic mass is 10.1. The van der Waals surface area contributed by atoms with Crippen LogP contribution in [0, 0.1) is 0 Å². The Morgan fingerprint density at radius 2 is 1.63 bits per heavy atom. The Kier molecular flexibility index (Phi) is 9.36. The van der Waals surface area contributed by atoms with Gasteiger partial charge in [-0.25, -0.2) is 4.99 Å². The Morgan fingerprint density at radius 3 is 2.19 bits per heavy atom. The molecule has 0 saturated heterocycles. The molecule has 2 aromatic carbocycles. The summed E-state index contributed by atoms with van der Waals surface area (Å²) in [6.07, 6.45) is -4.32. The molecule has 9 heteroatoms. The topological polar surface area (TPSA) is 68.9 Å². The van der Waals surface area contributed by atoms with E-state index in [1.165, 1.54) is 0 Å². The molecule has 0 aliphatic heterocycles. The van der Waals surface area contributed by atoms with Gasteiger partial charge in [0.25, 0.3) is 0 Å². The number of benzene rings is 2. The SMILES string of the molecule is COc1ccc(NC(N)=NCc2ccc(COCC(F)(F)F)cc2)cc1.I. The third-order valence-electron chi connectivity index (χ3n) is 3.35. The molecular weight excluding hydrogens is 474 g/mol. The highest BCUT2D eigenvalue weighted by molar-refractivity contribution is 14.0. The van der Waals surface area contributed by atoms with Crippen LogP contribution < -0.4 is 15.8 Å². The summed E-state index contributed by atoms with van der Waals surface area (Å²) in [4.78, 5) is 4.23. The standard InChI is InChI=1S/C18H20F3N3O2.HI/c1-25-16-8-6-15(7-9-16)24-17(22)23-10-13-2-4-14(5-3-13)11-26-12-18(19,20)21;/h2-9H,10-12H2,1H3,(H3,22,23,24);1H. The Labute approximate surface area is 172 Å². The molecular formula is C18H21F3IN3O2. The van der Waals surface area contributed by atoms with Crippen molar-refractivity contribution < 1.29 is 22.6 Å². The van der Waals surface area contributed by atoms with E-state index in [4.69, 9.17) is 10.5 Å². The largest absolute Gasteiger partial charge is 0.497 e. The van der Waals surface area contributed by atoms with E-state index in [0.717, 1.165) is 17.0 Å². The maximum Gasteiger partial charge on any atom is 0.411 e. The zero-order chi connectivity index (χ0) is 19.0. The Hall–Kier alpha value is -2.01. The number of methoxy groups -OCH3 is 1. The minimum Gasteiger partial charge on any atom is -0.497 e. The second-order valence-electron chi connectivity index (χ2n) is 5.48. The number of nitrogens with one attached hydrogen (secondary N) is 1. The second kappa shape index (κ2) is 11.0. The molecule has 0 amide bonds. The highest BCUT2D eigenvalue weighted by Crippen LogP contribution is 2.16. The predicted molar refractivity (Wildman–Crippen MR) is 110 cm³/mol. The van der Waals surface area contributed by atoms with Crippen LogP contribution in [0.15, 0.2) is 53.5 Å². The molecule has 27 heavy (non-hydrogen) atoms. The Morgan fingerprint density at radius 1 is 1.04 bits per heavy atom. The van der Waals surface area contributed by atoms with E-state index in [9.17, 15) is 13.2 Å². The number of alkyl halides is 3. The van der Waals surface area contributed by atoms with Gasteiger partial charge in [-0.05, 0) is 35.4 Å². The quantitative estimate of drug-likeness (QED) is 0.341. The van der Waals surface area contributed by atoms with Gasteiger partial charge in [0.15, 0.2) is 5.96 Å². The van der Waals surface area contributed by atoms with Crippen molar-refractivity contribution >= 4 is 35.6 Å². The van der Waals surface area contributed by atoms with Crippen LogP contribution in [0.4, 0.5) is 18.9 Å². The molecule has 148 valence electrons. The average molecular weight is 495 g/mol. The van der Waals surface area contributed by atoms with Gasteiger partial charge in [-0.15, -0.1) is 24.0 Å². The smallest absolute Gasteiger partial charge is 0.411 e. The zero-order valence-corrected chi connectivity index (χ0v) is 17.0. The van der Waals surface area contributed by atoms with Crippen LogP contribution in [-0.4, -0.2) is 25.9 Å². The zero-order valence-electron chi connectivity index (χ0n) is 14.6. The monoisotopic (exact) mass is 495 g/mol. The van der Waals surface area contributed by atoms with Crippen LogP contribution in [-0.2, 0) is 17.9 Å². The van der Waals surface area contributed by atoms with Gasteiger partial charge in [0.2, 0.25) is 0 Å². The van der Waals surface area contributed by atoms with Crippen molar-refractivity contribution in [1.82, 2.24) is 0 Å². The average Bonchev–Trinajstić information content (AvgIpc) is 2.61. The summed E-state index contributed by atoms with van der Waals surface area (Å²) in [5.74, 6) is 0.998. The summed E-state index contributed by atoms with van der Waals surface area (Å²) in [6.45, 7) is -1.00. The fourth-order valence-electron chi connectivity index (χ4n) is 2.06. The first-order valence-corrected chi connectivity index (χ1v) is 7.79. The van der Waals surface area contributed by atoms with Gasteiger partial charge in [0.1, 0.15) is 12.4 Å². The number of nitrogens with two attached hydrogens (primary N) is 1. The van der Waals surface area contributed by atoms with Gasteiger partial charge in [-0.3, -0.25) is 0 Å². The lowest BCUT2D eigenvalue weighted by Gasteiger charge is -2.08. The van der Waals surface area contributed by atoms with E-state index >= 15 is 0 Å². The van der Waals surface area contributed by atoms with Crippen molar-refractivity contribution in [3.8, 4) is 5.75 Å². The van der Waals surface area contributed by atoms with E-state index in [2.05, 4.69) is 15.0 Å². The van der Waals surface area contributed by atoms with Crippen molar-refractivity contribution in [1.29, 1.82) is 0 Å². The summed E-state index contributed by atoms with van der Waals surface area (Å²) in [7, 11) is 1.59. The third kappa shape index (κ3) is 8.96. The fourth-order valence-corrected chi connectivity index (χ4v) is 2.06. The number of halogens is 4. The molecule has 0 fully saturated rings. The molecule has 3 N–H and O–H groups in total. The molecule has 5 nitrogen and oxygen atoms in total. The fraction of sp³-hybridized carbons (Fsp3) is 0.278. The van der Waals surface area contributed by atoms with E-state index in [0.29, 0.717) is 12.1 Å². The van der Waals surface area contributed by atoms with Gasteiger partial charge in [-0.1, -0.05) is 24.3 Å². The molecule has 0 aromatic heterocycles. The molecule has 0 radical (unpaired) electrons. The highest BCUT2D eigenvalue weighted by atomic mass is 127. The van der Waals surface area contributed by atoms with E-state index < -0.39 is 12.8 Å². The second-order valence-corrected chi connectivity index (χ2v) is 5.48. The predicted octanol–water partition coefficient (Wildman–Crippen LogP) is 4.32. The van der Waals surface area contributed by atoms with Crippen LogP contribution in [0.5, 0.6) is 5.75 Å². The molecule has 2 aromatic rings.